The molecule has 0 unspecified atom stereocenters. The number of nitrogens with two attached hydrogens (primary N) is 1. The van der Waals surface area contributed by atoms with Crippen molar-refractivity contribution < 1.29 is 14.4 Å². The van der Waals surface area contributed by atoms with Gasteiger partial charge in [0.2, 0.25) is 11.8 Å². The van der Waals surface area contributed by atoms with E-state index in [2.05, 4.69) is 15.4 Å². The molecule has 11 heteroatoms. The molecule has 2 aliphatic rings. The molecule has 1 aliphatic heterocycles. The second-order valence-electron chi connectivity index (χ2n) is 8.32. The van der Waals surface area contributed by atoms with E-state index < -0.39 is 11.9 Å². The van der Waals surface area contributed by atoms with Crippen molar-refractivity contribution in [2.24, 2.45) is 11.7 Å². The Bertz CT molecular complexity index is 1290. The third kappa shape index (κ3) is 3.81. The first-order chi connectivity index (χ1) is 15.8. The molecule has 5 rings (SSSR count). The number of para-hydroxylation sites is 1. The molecule has 3 N–H and O–H groups in total. The van der Waals surface area contributed by atoms with Gasteiger partial charge < -0.3 is 16.0 Å². The van der Waals surface area contributed by atoms with Crippen LogP contribution in [0, 0.1) is 5.92 Å². The van der Waals surface area contributed by atoms with Crippen LogP contribution in [0.2, 0.25) is 10.2 Å². The van der Waals surface area contributed by atoms with E-state index in [1.165, 1.54) is 4.68 Å². The third-order valence-electron chi connectivity index (χ3n) is 6.37. The number of nitrogens with one attached hydrogen (secondary N) is 1. The minimum Gasteiger partial charge on any atom is -0.364 e. The van der Waals surface area contributed by atoms with E-state index in [1.807, 2.05) is 0 Å². The molecule has 2 bridgehead atoms. The van der Waals surface area contributed by atoms with Gasteiger partial charge in [-0.2, -0.15) is 5.10 Å². The molecule has 9 nitrogen and oxygen atoms in total. The van der Waals surface area contributed by atoms with Gasteiger partial charge >= 0.3 is 0 Å². The van der Waals surface area contributed by atoms with Crippen molar-refractivity contribution in [1.29, 1.82) is 0 Å². The zero-order valence-corrected chi connectivity index (χ0v) is 18.9. The molecule has 33 heavy (non-hydrogen) atoms. The topological polar surface area (TPSA) is 123 Å². The van der Waals surface area contributed by atoms with E-state index in [-0.39, 0.29) is 52.0 Å². The van der Waals surface area contributed by atoms with Crippen LogP contribution >= 0.6 is 23.2 Å². The first-order valence-electron chi connectivity index (χ1n) is 10.5. The molecule has 1 aromatic carbocycles. The number of hydrogen-bond donors (Lipinski definition) is 2. The minimum absolute atomic E-state index is 0.0162. The highest BCUT2D eigenvalue weighted by Crippen LogP contribution is 2.43. The van der Waals surface area contributed by atoms with Crippen molar-refractivity contribution in [3.63, 3.8) is 0 Å². The van der Waals surface area contributed by atoms with Gasteiger partial charge in [-0.1, -0.05) is 41.4 Å². The number of amides is 3. The summed E-state index contributed by atoms with van der Waals surface area (Å²) in [5, 5.41) is 8.00. The number of halogens is 2. The Labute approximate surface area is 198 Å². The van der Waals surface area contributed by atoms with Gasteiger partial charge in [-0.05, 0) is 43.4 Å². The van der Waals surface area contributed by atoms with Crippen LogP contribution in [0.4, 0.5) is 5.82 Å². The van der Waals surface area contributed by atoms with Crippen LogP contribution in [0.5, 0.6) is 0 Å². The highest BCUT2D eigenvalue weighted by Gasteiger charge is 2.51. The second-order valence-corrected chi connectivity index (χ2v) is 9.08. The quantitative estimate of drug-likeness (QED) is 0.536. The number of aromatic nitrogens is 3. The van der Waals surface area contributed by atoms with Crippen LogP contribution in [0.25, 0.3) is 10.9 Å². The number of carbonyl (C=O) groups is 3. The van der Waals surface area contributed by atoms with E-state index in [0.29, 0.717) is 10.9 Å². The fourth-order valence-corrected chi connectivity index (χ4v) is 5.27. The average Bonchev–Trinajstić information content (AvgIpc) is 3.49. The van der Waals surface area contributed by atoms with Gasteiger partial charge in [-0.25, -0.2) is 4.98 Å². The van der Waals surface area contributed by atoms with E-state index in [9.17, 15) is 14.4 Å². The lowest BCUT2D eigenvalue weighted by Gasteiger charge is -2.34. The van der Waals surface area contributed by atoms with Gasteiger partial charge in [0.15, 0.2) is 5.69 Å². The smallest absolute Gasteiger partial charge is 0.269 e. The zero-order chi connectivity index (χ0) is 23.3. The number of rotatable bonds is 5. The van der Waals surface area contributed by atoms with E-state index in [1.54, 1.807) is 41.3 Å². The van der Waals surface area contributed by atoms with Crippen LogP contribution in [0.1, 0.15) is 29.8 Å². The van der Waals surface area contributed by atoms with Crippen LogP contribution in [-0.4, -0.2) is 49.5 Å². The molecular weight excluding hydrogens is 467 g/mol. The van der Waals surface area contributed by atoms with E-state index >= 15 is 0 Å². The summed E-state index contributed by atoms with van der Waals surface area (Å²) < 4.78 is 1.47. The predicted octanol–water partition coefficient (Wildman–Crippen LogP) is 2.86. The molecular formula is C22H20Cl2N6O3. The van der Waals surface area contributed by atoms with Crippen LogP contribution in [0.3, 0.4) is 0 Å². The largest absolute Gasteiger partial charge is 0.364 e. The number of pyridine rings is 1. The summed E-state index contributed by atoms with van der Waals surface area (Å²) in [5.41, 5.74) is 6.21. The maximum absolute atomic E-state index is 13.4. The Morgan fingerprint density at radius 2 is 1.91 bits per heavy atom. The zero-order valence-electron chi connectivity index (χ0n) is 17.4. The van der Waals surface area contributed by atoms with Crippen LogP contribution < -0.4 is 11.1 Å². The summed E-state index contributed by atoms with van der Waals surface area (Å²) in [6.45, 7) is -0.105. The van der Waals surface area contributed by atoms with Gasteiger partial charge in [0.25, 0.3) is 5.91 Å². The normalized spacial score (nSPS) is 21.5. The molecule has 2 fully saturated rings. The third-order valence-corrected chi connectivity index (χ3v) is 7.06. The molecule has 3 amide bonds. The van der Waals surface area contributed by atoms with Gasteiger partial charge in [0.05, 0.1) is 10.5 Å². The fourth-order valence-electron chi connectivity index (χ4n) is 5.01. The summed E-state index contributed by atoms with van der Waals surface area (Å²) in [6, 6.07) is 9.57. The summed E-state index contributed by atoms with van der Waals surface area (Å²) in [7, 11) is 0. The summed E-state index contributed by atoms with van der Waals surface area (Å²) in [4.78, 5) is 44.1. The maximum atomic E-state index is 13.4. The Morgan fingerprint density at radius 1 is 1.12 bits per heavy atom. The number of likely N-dealkylation sites (tertiary alicyclic amines) is 1. The molecule has 3 atom stereocenters. The molecule has 1 saturated heterocycles. The Balaban J connectivity index is 1.40. The Hall–Kier alpha value is -3.17. The van der Waals surface area contributed by atoms with Crippen molar-refractivity contribution in [1.82, 2.24) is 19.7 Å². The lowest BCUT2D eigenvalue weighted by atomic mass is 9.97. The number of fused-ring (bicyclic) bond motifs is 3. The van der Waals surface area contributed by atoms with Gasteiger partial charge in [-0.3, -0.25) is 19.1 Å². The van der Waals surface area contributed by atoms with Crippen molar-refractivity contribution in [2.75, 3.05) is 5.32 Å². The Kier molecular flexibility index (Phi) is 5.46. The van der Waals surface area contributed by atoms with Crippen molar-refractivity contribution in [2.45, 2.75) is 37.9 Å². The molecule has 2 aromatic heterocycles. The molecule has 0 radical (unpaired) electrons. The second kappa shape index (κ2) is 8.31. The summed E-state index contributed by atoms with van der Waals surface area (Å²) >= 11 is 11.9. The molecule has 170 valence electrons. The van der Waals surface area contributed by atoms with Crippen molar-refractivity contribution in [3.8, 4) is 0 Å². The van der Waals surface area contributed by atoms with E-state index in [0.717, 1.165) is 19.3 Å². The summed E-state index contributed by atoms with van der Waals surface area (Å²) in [5.74, 6) is -0.881. The number of primary amides is 1. The maximum Gasteiger partial charge on any atom is 0.269 e. The summed E-state index contributed by atoms with van der Waals surface area (Å²) in [6.07, 6.45) is 2.49. The van der Waals surface area contributed by atoms with Crippen molar-refractivity contribution >= 4 is 57.6 Å². The van der Waals surface area contributed by atoms with Gasteiger partial charge in [-0.15, -0.1) is 0 Å². The number of anilines is 1. The minimum atomic E-state index is -0.663. The van der Waals surface area contributed by atoms with Gasteiger partial charge in [0, 0.05) is 11.4 Å². The lowest BCUT2D eigenvalue weighted by Crippen LogP contribution is -2.52. The van der Waals surface area contributed by atoms with Crippen LogP contribution in [-0.2, 0) is 16.1 Å². The lowest BCUT2D eigenvalue weighted by molar-refractivity contribution is -0.141. The van der Waals surface area contributed by atoms with Gasteiger partial charge in [0.1, 0.15) is 23.6 Å². The molecule has 3 aromatic rings. The van der Waals surface area contributed by atoms with Crippen molar-refractivity contribution in [3.05, 3.63) is 52.3 Å². The first-order valence-corrected chi connectivity index (χ1v) is 11.3. The highest BCUT2D eigenvalue weighted by atomic mass is 35.5. The van der Waals surface area contributed by atoms with Crippen LogP contribution in [0.15, 0.2) is 36.4 Å². The average molecular weight is 487 g/mol. The monoisotopic (exact) mass is 486 g/mol. The molecule has 1 saturated carbocycles. The van der Waals surface area contributed by atoms with E-state index in [4.69, 9.17) is 28.9 Å². The SMILES string of the molecule is NC(=O)c1nn(CC(=O)N2[C@@H]3CC[C@@H](C3)[C@H]2C(=O)Nc2ccc(Cl)c(Cl)n2)c2ccccc12. The number of benzene rings is 1. The highest BCUT2D eigenvalue weighted by molar-refractivity contribution is 6.41. The number of carbonyl (C=O) groups excluding carboxylic acids is 3. The Morgan fingerprint density at radius 3 is 2.67 bits per heavy atom. The molecule has 0 spiro atoms. The standard InChI is InChI=1S/C22H20Cl2N6O3/c23-14-7-8-16(26-20(14)24)27-22(33)19-11-5-6-12(9-11)30(19)17(31)10-29-15-4-2-1-3-13(15)18(28-29)21(25)32/h1-4,7-8,11-12,19H,5-6,9-10H2,(H2,25,32)(H,26,27,33)/t11-,12+,19-/m0/s1. The first kappa shape index (κ1) is 21.7. The fraction of sp³-hybridized carbons (Fsp3) is 0.318. The number of nitrogens with zero attached hydrogens (tertiary/aromatic N) is 4. The predicted molar refractivity (Wildman–Crippen MR) is 123 cm³/mol. The number of piperidine rings is 1. The number of hydrogen-bond acceptors (Lipinski definition) is 5. The molecule has 3 heterocycles. The molecule has 1 aliphatic carbocycles.